The Morgan fingerprint density at radius 2 is 1.91 bits per heavy atom. The molecule has 1 aliphatic rings. The molecule has 1 aromatic carbocycles. The minimum absolute atomic E-state index is 0.0779. The van der Waals surface area contributed by atoms with Crippen LogP contribution in [0.15, 0.2) is 30.6 Å². The third-order valence-electron chi connectivity index (χ3n) is 4.31. The summed E-state index contributed by atoms with van der Waals surface area (Å²) < 4.78 is 12.4. The number of carbonyl (C=O) groups is 1. The summed E-state index contributed by atoms with van der Waals surface area (Å²) in [5.41, 5.74) is 2.31. The van der Waals surface area contributed by atoms with E-state index in [1.54, 1.807) is 25.1 Å². The number of ether oxygens (including phenoxy) is 2. The van der Waals surface area contributed by atoms with Gasteiger partial charge in [-0.05, 0) is 42.7 Å². The van der Waals surface area contributed by atoms with E-state index in [2.05, 4.69) is 5.10 Å². The number of benzene rings is 1. The number of hydrogen-bond donors (Lipinski definition) is 0. The Labute approximate surface area is 135 Å². The molecule has 122 valence electrons. The zero-order valence-corrected chi connectivity index (χ0v) is 13.7. The molecule has 0 bridgehead atoms. The van der Waals surface area contributed by atoms with Crippen LogP contribution in [0.3, 0.4) is 0 Å². The average molecular weight is 315 g/mol. The van der Waals surface area contributed by atoms with Crippen LogP contribution in [-0.2, 0) is 17.8 Å². The van der Waals surface area contributed by atoms with Gasteiger partial charge in [-0.25, -0.2) is 0 Å². The zero-order chi connectivity index (χ0) is 16.4. The van der Waals surface area contributed by atoms with Crippen molar-refractivity contribution in [3.8, 4) is 11.5 Å². The number of rotatable bonds is 4. The number of aromatic nitrogens is 2. The molecule has 0 fully saturated rings. The average Bonchev–Trinajstić information content (AvgIpc) is 3.13. The first-order chi connectivity index (χ1) is 11.1. The zero-order valence-electron chi connectivity index (χ0n) is 13.7. The predicted octanol–water partition coefficient (Wildman–Crippen LogP) is 2.05. The van der Waals surface area contributed by atoms with Gasteiger partial charge in [0.2, 0.25) is 5.91 Å². The van der Waals surface area contributed by atoms with Crippen molar-refractivity contribution in [3.05, 3.63) is 41.7 Å². The standard InChI is InChI=1S/C17H21N3O3/c1-12(20-7-4-6-18-20)17(21)19-8-5-13-9-15(22-2)16(23-3)10-14(13)11-19/h4,6-7,9-10,12H,5,8,11H2,1-3H3. The lowest BCUT2D eigenvalue weighted by molar-refractivity contribution is -0.135. The molecule has 0 N–H and O–H groups in total. The van der Waals surface area contributed by atoms with E-state index in [0.29, 0.717) is 18.8 Å². The van der Waals surface area contributed by atoms with Gasteiger partial charge in [0.25, 0.3) is 0 Å². The van der Waals surface area contributed by atoms with Crippen molar-refractivity contribution in [2.75, 3.05) is 20.8 Å². The van der Waals surface area contributed by atoms with Gasteiger partial charge >= 0.3 is 0 Å². The summed E-state index contributed by atoms with van der Waals surface area (Å²) in [6, 6.07) is 5.50. The van der Waals surface area contributed by atoms with Crippen LogP contribution in [0, 0.1) is 0 Å². The highest BCUT2D eigenvalue weighted by Gasteiger charge is 2.26. The molecule has 2 aromatic rings. The van der Waals surface area contributed by atoms with E-state index in [0.717, 1.165) is 17.7 Å². The molecule has 3 rings (SSSR count). The fourth-order valence-electron chi connectivity index (χ4n) is 2.96. The molecule has 0 radical (unpaired) electrons. The maximum Gasteiger partial charge on any atom is 0.247 e. The lowest BCUT2D eigenvalue weighted by atomic mass is 9.98. The van der Waals surface area contributed by atoms with Crippen LogP contribution in [0.5, 0.6) is 11.5 Å². The number of amides is 1. The summed E-state index contributed by atoms with van der Waals surface area (Å²) in [6.07, 6.45) is 4.31. The highest BCUT2D eigenvalue weighted by molar-refractivity contribution is 5.80. The second-order valence-corrected chi connectivity index (χ2v) is 5.65. The molecule has 1 unspecified atom stereocenters. The summed E-state index contributed by atoms with van der Waals surface area (Å²) in [5, 5.41) is 4.16. The van der Waals surface area contributed by atoms with Gasteiger partial charge in [0, 0.05) is 25.5 Å². The van der Waals surface area contributed by atoms with Crippen molar-refractivity contribution in [1.82, 2.24) is 14.7 Å². The molecule has 0 spiro atoms. The van der Waals surface area contributed by atoms with Gasteiger partial charge in [0.15, 0.2) is 11.5 Å². The minimum Gasteiger partial charge on any atom is -0.493 e. The molecule has 1 atom stereocenters. The Balaban J connectivity index is 1.81. The second kappa shape index (κ2) is 6.32. The van der Waals surface area contributed by atoms with Crippen molar-refractivity contribution >= 4 is 5.91 Å². The Kier molecular flexibility index (Phi) is 4.23. The van der Waals surface area contributed by atoms with E-state index in [4.69, 9.17) is 9.47 Å². The van der Waals surface area contributed by atoms with E-state index in [1.807, 2.05) is 36.2 Å². The summed E-state index contributed by atoms with van der Waals surface area (Å²) in [7, 11) is 3.25. The smallest absolute Gasteiger partial charge is 0.247 e. The molecule has 0 aliphatic carbocycles. The van der Waals surface area contributed by atoms with Crippen molar-refractivity contribution in [2.24, 2.45) is 0 Å². The summed E-state index contributed by atoms with van der Waals surface area (Å²) in [5.74, 6) is 1.51. The highest BCUT2D eigenvalue weighted by Crippen LogP contribution is 2.33. The first-order valence-electron chi connectivity index (χ1n) is 7.65. The first kappa shape index (κ1) is 15.4. The van der Waals surface area contributed by atoms with Crippen molar-refractivity contribution in [1.29, 1.82) is 0 Å². The number of methoxy groups -OCH3 is 2. The Morgan fingerprint density at radius 3 is 2.52 bits per heavy atom. The van der Waals surface area contributed by atoms with Crippen molar-refractivity contribution in [3.63, 3.8) is 0 Å². The minimum atomic E-state index is -0.299. The van der Waals surface area contributed by atoms with Gasteiger partial charge in [-0.3, -0.25) is 9.48 Å². The van der Waals surface area contributed by atoms with Crippen LogP contribution in [0.2, 0.25) is 0 Å². The van der Waals surface area contributed by atoms with Gasteiger partial charge in [0.05, 0.1) is 14.2 Å². The Bertz CT molecular complexity index is 697. The SMILES string of the molecule is COc1cc2c(cc1OC)CN(C(=O)C(C)n1cccn1)CC2. The van der Waals surface area contributed by atoms with E-state index in [9.17, 15) is 4.79 Å². The molecule has 2 heterocycles. The molecule has 6 nitrogen and oxygen atoms in total. The molecule has 6 heteroatoms. The summed E-state index contributed by atoms with van der Waals surface area (Å²) >= 11 is 0. The highest BCUT2D eigenvalue weighted by atomic mass is 16.5. The summed E-state index contributed by atoms with van der Waals surface area (Å²) in [4.78, 5) is 14.6. The van der Waals surface area contributed by atoms with Gasteiger partial charge in [0.1, 0.15) is 6.04 Å². The number of nitrogens with zero attached hydrogens (tertiary/aromatic N) is 3. The van der Waals surface area contributed by atoms with Crippen LogP contribution in [0.25, 0.3) is 0 Å². The lowest BCUT2D eigenvalue weighted by Gasteiger charge is -2.31. The second-order valence-electron chi connectivity index (χ2n) is 5.65. The molecule has 0 saturated carbocycles. The molecular formula is C17H21N3O3. The largest absolute Gasteiger partial charge is 0.493 e. The quantitative estimate of drug-likeness (QED) is 0.866. The van der Waals surface area contributed by atoms with Crippen LogP contribution in [-0.4, -0.2) is 41.4 Å². The third kappa shape index (κ3) is 2.88. The van der Waals surface area contributed by atoms with Gasteiger partial charge in [-0.15, -0.1) is 0 Å². The molecule has 23 heavy (non-hydrogen) atoms. The van der Waals surface area contributed by atoms with Crippen LogP contribution in [0.4, 0.5) is 0 Å². The van der Waals surface area contributed by atoms with Crippen LogP contribution in [0.1, 0.15) is 24.1 Å². The Hall–Kier alpha value is -2.50. The van der Waals surface area contributed by atoms with Crippen molar-refractivity contribution < 1.29 is 14.3 Å². The fourth-order valence-corrected chi connectivity index (χ4v) is 2.96. The maximum absolute atomic E-state index is 12.7. The van der Waals surface area contributed by atoms with E-state index < -0.39 is 0 Å². The molecule has 1 aromatic heterocycles. The maximum atomic E-state index is 12.7. The fraction of sp³-hybridized carbons (Fsp3) is 0.412. The third-order valence-corrected chi connectivity index (χ3v) is 4.31. The first-order valence-corrected chi connectivity index (χ1v) is 7.65. The van der Waals surface area contributed by atoms with Crippen LogP contribution < -0.4 is 9.47 Å². The molecular weight excluding hydrogens is 294 g/mol. The lowest BCUT2D eigenvalue weighted by Crippen LogP contribution is -2.39. The van der Waals surface area contributed by atoms with Crippen LogP contribution >= 0.6 is 0 Å². The van der Waals surface area contributed by atoms with Crippen molar-refractivity contribution in [2.45, 2.75) is 25.9 Å². The van der Waals surface area contributed by atoms with Gasteiger partial charge < -0.3 is 14.4 Å². The van der Waals surface area contributed by atoms with E-state index in [-0.39, 0.29) is 11.9 Å². The molecule has 1 aliphatic heterocycles. The number of carbonyl (C=O) groups excluding carboxylic acids is 1. The van der Waals surface area contributed by atoms with Gasteiger partial charge in [-0.1, -0.05) is 0 Å². The van der Waals surface area contributed by atoms with E-state index in [1.165, 1.54) is 5.56 Å². The van der Waals surface area contributed by atoms with Gasteiger partial charge in [-0.2, -0.15) is 5.10 Å². The summed E-state index contributed by atoms with van der Waals surface area (Å²) in [6.45, 7) is 3.16. The monoisotopic (exact) mass is 315 g/mol. The predicted molar refractivity (Wildman–Crippen MR) is 85.6 cm³/mol. The normalized spacial score (nSPS) is 15.0. The Morgan fingerprint density at radius 1 is 1.22 bits per heavy atom. The number of fused-ring (bicyclic) bond motifs is 1. The topological polar surface area (TPSA) is 56.6 Å². The molecule has 1 amide bonds. The number of hydrogen-bond acceptors (Lipinski definition) is 4. The van der Waals surface area contributed by atoms with E-state index >= 15 is 0 Å². The molecule has 0 saturated heterocycles.